The third-order valence-corrected chi connectivity index (χ3v) is 13.4. The van der Waals surface area contributed by atoms with Crippen molar-refractivity contribution in [2.45, 2.75) is 112 Å². The van der Waals surface area contributed by atoms with Crippen LogP contribution in [-0.2, 0) is 4.79 Å². The fraction of sp³-hybridized carbons (Fsp3) is 0.966. The van der Waals surface area contributed by atoms with Gasteiger partial charge in [0.15, 0.2) is 0 Å². The Bertz CT molecular complexity index is 789. The number of aliphatic hydroxyl groups is 2. The van der Waals surface area contributed by atoms with Gasteiger partial charge in [-0.1, -0.05) is 34.6 Å². The molecule has 182 valence electrons. The Labute approximate surface area is 196 Å². The standard InChI is InChI=1S/C29H48O3/c1-18(31)19-9-14-29(17-30)16-15-27(5)20(24(19)29)7-8-22-26(4)12-11-23(32)25(2,3)21(26)10-13-28(22,27)6/h19-24,30,32H,7-17H2,1-6H3/t19-,20-,21-,22+,23-,24+,26-,27+,28+,29+/m0/s1. The summed E-state index contributed by atoms with van der Waals surface area (Å²) in [6.07, 6.45) is 11.2. The van der Waals surface area contributed by atoms with Gasteiger partial charge in [0.1, 0.15) is 5.78 Å². The van der Waals surface area contributed by atoms with E-state index in [-0.39, 0.29) is 40.3 Å². The van der Waals surface area contributed by atoms with Crippen molar-refractivity contribution >= 4 is 5.78 Å². The topological polar surface area (TPSA) is 57.5 Å². The second kappa shape index (κ2) is 7.06. The first-order valence-corrected chi connectivity index (χ1v) is 13.7. The number of carbonyl (C=O) groups is 1. The Morgan fingerprint density at radius 3 is 2.19 bits per heavy atom. The van der Waals surface area contributed by atoms with Crippen molar-refractivity contribution < 1.29 is 15.0 Å². The highest BCUT2D eigenvalue weighted by Gasteiger charge is 2.70. The van der Waals surface area contributed by atoms with Gasteiger partial charge < -0.3 is 10.2 Å². The van der Waals surface area contributed by atoms with E-state index < -0.39 is 0 Å². The van der Waals surface area contributed by atoms with Crippen LogP contribution in [0, 0.1) is 56.7 Å². The van der Waals surface area contributed by atoms with E-state index in [4.69, 9.17) is 0 Å². The van der Waals surface area contributed by atoms with Gasteiger partial charge in [0.05, 0.1) is 6.10 Å². The molecule has 5 aliphatic rings. The minimum Gasteiger partial charge on any atom is -0.396 e. The first-order valence-electron chi connectivity index (χ1n) is 13.7. The van der Waals surface area contributed by atoms with Gasteiger partial charge in [0, 0.05) is 12.5 Å². The van der Waals surface area contributed by atoms with Gasteiger partial charge in [-0.3, -0.25) is 4.79 Å². The Hall–Kier alpha value is -0.410. The van der Waals surface area contributed by atoms with Crippen molar-refractivity contribution in [3.63, 3.8) is 0 Å². The lowest BCUT2D eigenvalue weighted by Gasteiger charge is -2.72. The minimum absolute atomic E-state index is 0.00410. The Kier molecular flexibility index (Phi) is 5.15. The first kappa shape index (κ1) is 23.3. The van der Waals surface area contributed by atoms with E-state index in [2.05, 4.69) is 34.6 Å². The van der Waals surface area contributed by atoms with Crippen molar-refractivity contribution in [1.82, 2.24) is 0 Å². The molecular weight excluding hydrogens is 396 g/mol. The van der Waals surface area contributed by atoms with Crippen LogP contribution in [0.2, 0.25) is 0 Å². The van der Waals surface area contributed by atoms with Crippen LogP contribution in [0.25, 0.3) is 0 Å². The highest BCUT2D eigenvalue weighted by Crippen LogP contribution is 2.77. The van der Waals surface area contributed by atoms with Crippen LogP contribution < -0.4 is 0 Å². The van der Waals surface area contributed by atoms with Crippen molar-refractivity contribution in [2.75, 3.05) is 6.61 Å². The molecule has 32 heavy (non-hydrogen) atoms. The van der Waals surface area contributed by atoms with E-state index in [1.807, 2.05) is 0 Å². The summed E-state index contributed by atoms with van der Waals surface area (Å²) in [6, 6.07) is 0. The van der Waals surface area contributed by atoms with Crippen LogP contribution >= 0.6 is 0 Å². The number of ketones is 1. The summed E-state index contributed by atoms with van der Waals surface area (Å²) in [6.45, 7) is 14.5. The molecule has 5 aliphatic carbocycles. The molecule has 0 saturated heterocycles. The fourth-order valence-electron chi connectivity index (χ4n) is 11.5. The molecule has 0 unspecified atom stereocenters. The monoisotopic (exact) mass is 444 g/mol. The van der Waals surface area contributed by atoms with Crippen molar-refractivity contribution in [3.05, 3.63) is 0 Å². The average Bonchev–Trinajstić information content (AvgIpc) is 3.12. The molecule has 0 heterocycles. The number of fused-ring (bicyclic) bond motifs is 7. The lowest BCUT2D eigenvalue weighted by Crippen LogP contribution is -2.66. The zero-order chi connectivity index (χ0) is 23.3. The maximum absolute atomic E-state index is 12.7. The second-order valence-electron chi connectivity index (χ2n) is 14.3. The molecule has 2 N–H and O–H groups in total. The highest BCUT2D eigenvalue weighted by molar-refractivity contribution is 5.79. The van der Waals surface area contributed by atoms with Crippen LogP contribution in [0.1, 0.15) is 106 Å². The second-order valence-corrected chi connectivity index (χ2v) is 14.3. The average molecular weight is 445 g/mol. The maximum atomic E-state index is 12.7. The van der Waals surface area contributed by atoms with E-state index in [0.29, 0.717) is 34.9 Å². The lowest BCUT2D eigenvalue weighted by atomic mass is 9.32. The van der Waals surface area contributed by atoms with Gasteiger partial charge in [-0.15, -0.1) is 0 Å². The van der Waals surface area contributed by atoms with Gasteiger partial charge >= 0.3 is 0 Å². The lowest BCUT2D eigenvalue weighted by molar-refractivity contribution is -0.249. The van der Waals surface area contributed by atoms with Gasteiger partial charge in [0.2, 0.25) is 0 Å². The van der Waals surface area contributed by atoms with E-state index in [1.165, 1.54) is 32.1 Å². The molecule has 0 aromatic heterocycles. The third-order valence-electron chi connectivity index (χ3n) is 13.4. The molecule has 0 bridgehead atoms. The number of hydrogen-bond acceptors (Lipinski definition) is 3. The molecule has 10 atom stereocenters. The summed E-state index contributed by atoms with van der Waals surface area (Å²) in [5.41, 5.74) is 0.805. The number of rotatable bonds is 2. The smallest absolute Gasteiger partial charge is 0.133 e. The van der Waals surface area contributed by atoms with Gasteiger partial charge in [-0.2, -0.15) is 0 Å². The molecule has 5 fully saturated rings. The van der Waals surface area contributed by atoms with Crippen LogP contribution in [0.5, 0.6) is 0 Å². The first-order chi connectivity index (χ1) is 14.9. The number of aliphatic hydroxyl groups excluding tert-OH is 2. The summed E-state index contributed by atoms with van der Waals surface area (Å²) in [4.78, 5) is 12.7. The molecule has 5 saturated carbocycles. The molecule has 0 aromatic rings. The van der Waals surface area contributed by atoms with Crippen LogP contribution in [0.3, 0.4) is 0 Å². The predicted octanol–water partition coefficient (Wildman–Crippen LogP) is 6.01. The third kappa shape index (κ3) is 2.65. The molecule has 0 aliphatic heterocycles. The number of Topliss-reactive ketones (excluding diaryl/α,β-unsaturated/α-hetero) is 1. The minimum atomic E-state index is -0.175. The summed E-state index contributed by atoms with van der Waals surface area (Å²) in [5, 5.41) is 21.4. The van der Waals surface area contributed by atoms with Gasteiger partial charge in [-0.05, 0) is 122 Å². The van der Waals surface area contributed by atoms with Crippen molar-refractivity contribution in [3.8, 4) is 0 Å². The van der Waals surface area contributed by atoms with Crippen LogP contribution in [0.15, 0.2) is 0 Å². The van der Waals surface area contributed by atoms with E-state index in [9.17, 15) is 15.0 Å². The summed E-state index contributed by atoms with van der Waals surface area (Å²) >= 11 is 0. The zero-order valence-electron chi connectivity index (χ0n) is 21.5. The summed E-state index contributed by atoms with van der Waals surface area (Å²) in [7, 11) is 0. The van der Waals surface area contributed by atoms with Crippen LogP contribution in [-0.4, -0.2) is 28.7 Å². The van der Waals surface area contributed by atoms with Gasteiger partial charge in [0.25, 0.3) is 0 Å². The zero-order valence-corrected chi connectivity index (χ0v) is 21.5. The molecule has 0 radical (unpaired) electrons. The van der Waals surface area contributed by atoms with Crippen molar-refractivity contribution in [1.29, 1.82) is 0 Å². The predicted molar refractivity (Wildman–Crippen MR) is 128 cm³/mol. The molecule has 3 nitrogen and oxygen atoms in total. The van der Waals surface area contributed by atoms with E-state index >= 15 is 0 Å². The molecular formula is C29H48O3. The Morgan fingerprint density at radius 1 is 0.812 bits per heavy atom. The largest absolute Gasteiger partial charge is 0.396 e. The molecule has 5 rings (SSSR count). The number of carbonyl (C=O) groups excluding carboxylic acids is 1. The summed E-state index contributed by atoms with van der Waals surface area (Å²) in [5.74, 6) is 2.73. The maximum Gasteiger partial charge on any atom is 0.133 e. The molecule has 0 amide bonds. The Morgan fingerprint density at radius 2 is 1.53 bits per heavy atom. The van der Waals surface area contributed by atoms with Crippen molar-refractivity contribution in [2.24, 2.45) is 56.7 Å². The summed E-state index contributed by atoms with van der Waals surface area (Å²) < 4.78 is 0. The number of hydrogen-bond donors (Lipinski definition) is 2. The molecule has 3 heteroatoms. The van der Waals surface area contributed by atoms with Crippen LogP contribution in [0.4, 0.5) is 0 Å². The van der Waals surface area contributed by atoms with E-state index in [1.54, 1.807) is 6.92 Å². The van der Waals surface area contributed by atoms with E-state index in [0.717, 1.165) is 32.1 Å². The SMILES string of the molecule is CC(=O)[C@@H]1CC[C@]2(CO)CC[C@]3(C)[C@@H](CC[C@@H]4[C@@]5(C)CC[C@H](O)C(C)(C)[C@@H]5CC[C@]43C)[C@@H]12. The molecule has 0 spiro atoms. The highest BCUT2D eigenvalue weighted by atomic mass is 16.3. The van der Waals surface area contributed by atoms with Gasteiger partial charge in [-0.25, -0.2) is 0 Å². The normalized spacial score (nSPS) is 56.5. The quantitative estimate of drug-likeness (QED) is 0.548. The fourth-order valence-corrected chi connectivity index (χ4v) is 11.5. The molecule has 0 aromatic carbocycles. The Balaban J connectivity index is 1.55.